The molecule has 0 saturated heterocycles. The van der Waals surface area contributed by atoms with Crippen LogP contribution < -0.4 is 11.1 Å². The van der Waals surface area contributed by atoms with Gasteiger partial charge < -0.3 is 11.1 Å². The van der Waals surface area contributed by atoms with Crippen molar-refractivity contribution in [1.29, 1.82) is 0 Å². The van der Waals surface area contributed by atoms with Gasteiger partial charge in [-0.3, -0.25) is 9.36 Å². The van der Waals surface area contributed by atoms with E-state index in [1.165, 1.54) is 0 Å². The molecule has 0 spiro atoms. The van der Waals surface area contributed by atoms with Crippen molar-refractivity contribution in [3.63, 3.8) is 0 Å². The number of rotatable bonds is 5. The predicted molar refractivity (Wildman–Crippen MR) is 110 cm³/mol. The Bertz CT molecular complexity index is 906. The summed E-state index contributed by atoms with van der Waals surface area (Å²) in [5.41, 5.74) is 10.0. The molecule has 27 heavy (non-hydrogen) atoms. The van der Waals surface area contributed by atoms with Gasteiger partial charge in [0.1, 0.15) is 6.33 Å². The minimum atomic E-state index is 0. The molecule has 1 amide bonds. The molecule has 1 saturated carbocycles. The number of halogens is 1. The Morgan fingerprint density at radius 3 is 2.70 bits per heavy atom. The van der Waals surface area contributed by atoms with Gasteiger partial charge in [0.25, 0.3) is 0 Å². The molecule has 1 aromatic heterocycles. The van der Waals surface area contributed by atoms with E-state index in [9.17, 15) is 4.79 Å². The van der Waals surface area contributed by atoms with Gasteiger partial charge in [-0.25, -0.2) is 4.98 Å². The summed E-state index contributed by atoms with van der Waals surface area (Å²) in [4.78, 5) is 16.8. The van der Waals surface area contributed by atoms with E-state index in [-0.39, 0.29) is 24.2 Å². The first-order chi connectivity index (χ1) is 12.8. The van der Waals surface area contributed by atoms with E-state index >= 15 is 0 Å². The van der Waals surface area contributed by atoms with Crippen molar-refractivity contribution in [2.45, 2.75) is 25.8 Å². The molecule has 3 N–H and O–H groups in total. The number of imidazole rings is 1. The summed E-state index contributed by atoms with van der Waals surface area (Å²) in [6.07, 6.45) is 4.98. The van der Waals surface area contributed by atoms with E-state index in [2.05, 4.69) is 45.2 Å². The molecule has 5 nitrogen and oxygen atoms in total. The van der Waals surface area contributed by atoms with Gasteiger partial charge in [-0.15, -0.1) is 12.4 Å². The van der Waals surface area contributed by atoms with E-state index < -0.39 is 0 Å². The minimum Gasteiger partial charge on any atom is -0.352 e. The van der Waals surface area contributed by atoms with E-state index in [0.29, 0.717) is 19.0 Å². The molecule has 0 aliphatic heterocycles. The van der Waals surface area contributed by atoms with Crippen molar-refractivity contribution in [2.24, 2.45) is 17.6 Å². The predicted octanol–water partition coefficient (Wildman–Crippen LogP) is 3.44. The van der Waals surface area contributed by atoms with Crippen LogP contribution in [0.2, 0.25) is 0 Å². The average Bonchev–Trinajstić information content (AvgIpc) is 3.33. The van der Waals surface area contributed by atoms with Crippen LogP contribution in [-0.2, 0) is 11.3 Å². The van der Waals surface area contributed by atoms with Crippen molar-refractivity contribution in [1.82, 2.24) is 14.9 Å². The van der Waals surface area contributed by atoms with Gasteiger partial charge in [0.15, 0.2) is 0 Å². The summed E-state index contributed by atoms with van der Waals surface area (Å²) in [7, 11) is 0. The lowest BCUT2D eigenvalue weighted by Gasteiger charge is -2.17. The first kappa shape index (κ1) is 19.4. The molecule has 0 bridgehead atoms. The van der Waals surface area contributed by atoms with Crippen LogP contribution in [0, 0.1) is 11.8 Å². The molecular formula is C21H25ClN4O. The maximum atomic E-state index is 12.4. The lowest BCUT2D eigenvalue weighted by atomic mass is 9.95. The highest BCUT2D eigenvalue weighted by molar-refractivity contribution is 5.85. The lowest BCUT2D eigenvalue weighted by molar-refractivity contribution is -0.126. The first-order valence-corrected chi connectivity index (χ1v) is 9.25. The summed E-state index contributed by atoms with van der Waals surface area (Å²) in [5, 5.41) is 3.08. The van der Waals surface area contributed by atoms with Crippen LogP contribution in [0.25, 0.3) is 16.7 Å². The molecule has 3 aromatic rings. The number of nitrogens with zero attached hydrogens (tertiary/aromatic N) is 2. The summed E-state index contributed by atoms with van der Waals surface area (Å²) in [6.45, 7) is 1.16. The van der Waals surface area contributed by atoms with E-state index in [1.807, 2.05) is 24.5 Å². The van der Waals surface area contributed by atoms with Gasteiger partial charge in [0.05, 0.1) is 11.0 Å². The second-order valence-corrected chi connectivity index (χ2v) is 7.02. The fraction of sp³-hybridized carbons (Fsp3) is 0.333. The summed E-state index contributed by atoms with van der Waals surface area (Å²) in [6, 6.07) is 16.3. The molecule has 1 aliphatic carbocycles. The minimum absolute atomic E-state index is 0. The lowest BCUT2D eigenvalue weighted by Crippen LogP contribution is -2.34. The van der Waals surface area contributed by atoms with E-state index in [1.54, 1.807) is 0 Å². The number of aromatic nitrogens is 2. The highest BCUT2D eigenvalue weighted by atomic mass is 35.5. The van der Waals surface area contributed by atoms with Crippen molar-refractivity contribution in [3.05, 3.63) is 60.4 Å². The number of hydrogen-bond acceptors (Lipinski definition) is 3. The number of benzene rings is 2. The number of nitrogens with two attached hydrogens (primary N) is 1. The third kappa shape index (κ3) is 3.99. The van der Waals surface area contributed by atoms with E-state index in [0.717, 1.165) is 41.5 Å². The Labute approximate surface area is 165 Å². The SMILES string of the molecule is Cl.NC[C@H]1CCC[C@H]1C(=O)NCc1ccc(-n2cnc3ccccc32)cc1. The highest BCUT2D eigenvalue weighted by Crippen LogP contribution is 2.31. The normalized spacial score (nSPS) is 19.0. The van der Waals surface area contributed by atoms with E-state index in [4.69, 9.17) is 5.73 Å². The Balaban J connectivity index is 0.00000210. The molecule has 2 aromatic carbocycles. The fourth-order valence-corrected chi connectivity index (χ4v) is 3.92. The van der Waals surface area contributed by atoms with Crippen molar-refractivity contribution >= 4 is 29.3 Å². The zero-order chi connectivity index (χ0) is 17.9. The standard InChI is InChI=1S/C21H24N4O.ClH/c22-12-16-4-3-5-18(16)21(26)23-13-15-8-10-17(11-9-15)25-14-24-19-6-1-2-7-20(19)25;/h1-2,6-11,14,16,18H,3-5,12-13,22H2,(H,23,26);1H/t16-,18-;/m1./s1. The van der Waals surface area contributed by atoms with Crippen LogP contribution in [0.3, 0.4) is 0 Å². The molecule has 1 heterocycles. The van der Waals surface area contributed by atoms with Gasteiger partial charge in [0.2, 0.25) is 5.91 Å². The number of para-hydroxylation sites is 2. The van der Waals surface area contributed by atoms with Crippen LogP contribution in [-0.4, -0.2) is 22.0 Å². The molecule has 4 rings (SSSR count). The average molecular weight is 385 g/mol. The maximum Gasteiger partial charge on any atom is 0.223 e. The largest absolute Gasteiger partial charge is 0.352 e. The molecule has 6 heteroatoms. The summed E-state index contributed by atoms with van der Waals surface area (Å²) >= 11 is 0. The molecule has 0 radical (unpaired) electrons. The number of fused-ring (bicyclic) bond motifs is 1. The number of carbonyl (C=O) groups excluding carboxylic acids is 1. The van der Waals surface area contributed by atoms with Gasteiger partial charge in [-0.05, 0) is 55.1 Å². The van der Waals surface area contributed by atoms with Gasteiger partial charge in [0, 0.05) is 18.2 Å². The van der Waals surface area contributed by atoms with Gasteiger partial charge in [-0.1, -0.05) is 30.7 Å². The zero-order valence-corrected chi connectivity index (χ0v) is 16.0. The van der Waals surface area contributed by atoms with Crippen LogP contribution >= 0.6 is 12.4 Å². The van der Waals surface area contributed by atoms with Crippen LogP contribution in [0.4, 0.5) is 0 Å². The molecular weight excluding hydrogens is 360 g/mol. The van der Waals surface area contributed by atoms with Crippen molar-refractivity contribution < 1.29 is 4.79 Å². The Morgan fingerprint density at radius 2 is 1.93 bits per heavy atom. The van der Waals surface area contributed by atoms with Crippen LogP contribution in [0.5, 0.6) is 0 Å². The Kier molecular flexibility index (Phi) is 6.14. The summed E-state index contributed by atoms with van der Waals surface area (Å²) < 4.78 is 2.07. The summed E-state index contributed by atoms with van der Waals surface area (Å²) in [5.74, 6) is 0.561. The monoisotopic (exact) mass is 384 g/mol. The second kappa shape index (κ2) is 8.55. The zero-order valence-electron chi connectivity index (χ0n) is 15.2. The highest BCUT2D eigenvalue weighted by Gasteiger charge is 2.31. The topological polar surface area (TPSA) is 72.9 Å². The molecule has 2 atom stereocenters. The molecule has 1 aliphatic rings. The third-order valence-corrected chi connectivity index (χ3v) is 5.43. The quantitative estimate of drug-likeness (QED) is 0.707. The number of amides is 1. The van der Waals surface area contributed by atoms with Crippen LogP contribution in [0.1, 0.15) is 24.8 Å². The number of nitrogens with one attached hydrogen (secondary N) is 1. The molecule has 1 fully saturated rings. The van der Waals surface area contributed by atoms with Crippen molar-refractivity contribution in [2.75, 3.05) is 6.54 Å². The Morgan fingerprint density at radius 1 is 1.15 bits per heavy atom. The van der Waals surface area contributed by atoms with Crippen molar-refractivity contribution in [3.8, 4) is 5.69 Å². The number of carbonyl (C=O) groups is 1. The van der Waals surface area contributed by atoms with Gasteiger partial charge >= 0.3 is 0 Å². The van der Waals surface area contributed by atoms with Crippen LogP contribution in [0.15, 0.2) is 54.9 Å². The van der Waals surface area contributed by atoms with Gasteiger partial charge in [-0.2, -0.15) is 0 Å². The fourth-order valence-electron chi connectivity index (χ4n) is 3.92. The number of hydrogen-bond donors (Lipinski definition) is 2. The maximum absolute atomic E-state index is 12.4. The smallest absolute Gasteiger partial charge is 0.223 e. The molecule has 142 valence electrons. The Hall–Kier alpha value is -2.37. The second-order valence-electron chi connectivity index (χ2n) is 7.02. The third-order valence-electron chi connectivity index (χ3n) is 5.43. The first-order valence-electron chi connectivity index (χ1n) is 9.25. The molecule has 0 unspecified atom stereocenters.